The minimum Gasteiger partial charge on any atom is -0.468 e. The van der Waals surface area contributed by atoms with Crippen LogP contribution in [-0.2, 0) is 14.3 Å². The molecule has 2 fully saturated rings. The van der Waals surface area contributed by atoms with Gasteiger partial charge in [-0.3, -0.25) is 9.69 Å². The smallest absolute Gasteiger partial charge is 0.410 e. The number of piperazine rings is 1. The van der Waals surface area contributed by atoms with Gasteiger partial charge in [-0.25, -0.2) is 4.79 Å². The predicted octanol–water partition coefficient (Wildman–Crippen LogP) is 0.899. The molecule has 2 heterocycles. The molecule has 0 aromatic carbocycles. The molecule has 0 aromatic rings. The van der Waals surface area contributed by atoms with E-state index < -0.39 is 11.6 Å². The number of ether oxygens (including phenoxy) is 2. The maximum atomic E-state index is 12.3. The third kappa shape index (κ3) is 2.83. The van der Waals surface area contributed by atoms with Crippen molar-refractivity contribution in [3.05, 3.63) is 0 Å². The second kappa shape index (κ2) is 5.00. The number of amides is 1. The van der Waals surface area contributed by atoms with Crippen LogP contribution in [0.3, 0.4) is 0 Å². The summed E-state index contributed by atoms with van der Waals surface area (Å²) >= 11 is 0. The molecule has 2 aliphatic heterocycles. The van der Waals surface area contributed by atoms with Gasteiger partial charge in [0, 0.05) is 12.6 Å². The Bertz CT molecular complexity index is 377. The highest BCUT2D eigenvalue weighted by atomic mass is 16.6. The lowest BCUT2D eigenvalue weighted by molar-refractivity contribution is -0.145. The normalized spacial score (nSPS) is 30.1. The highest BCUT2D eigenvalue weighted by molar-refractivity contribution is 5.79. The summed E-state index contributed by atoms with van der Waals surface area (Å²) in [6, 6.07) is -0.502. The molecule has 2 saturated heterocycles. The van der Waals surface area contributed by atoms with Crippen molar-refractivity contribution in [1.29, 1.82) is 0 Å². The van der Waals surface area contributed by atoms with Gasteiger partial charge in [0.2, 0.25) is 0 Å². The largest absolute Gasteiger partial charge is 0.468 e. The van der Waals surface area contributed by atoms with Crippen molar-refractivity contribution in [3.63, 3.8) is 0 Å². The molecular formula is C13H22N2O4. The number of carbonyl (C=O) groups is 2. The number of carbonyl (C=O) groups excluding carboxylic acids is 2. The highest BCUT2D eigenvalue weighted by Gasteiger charge is 2.49. The van der Waals surface area contributed by atoms with Crippen molar-refractivity contribution in [2.75, 3.05) is 13.7 Å². The first kappa shape index (κ1) is 14.1. The van der Waals surface area contributed by atoms with Crippen LogP contribution in [0.15, 0.2) is 0 Å². The maximum absolute atomic E-state index is 12.3. The fourth-order valence-corrected chi connectivity index (χ4v) is 2.81. The summed E-state index contributed by atoms with van der Waals surface area (Å²) in [6.45, 7) is 6.13. The number of hydrogen-bond donors (Lipinski definition) is 1. The van der Waals surface area contributed by atoms with Gasteiger partial charge in [0.25, 0.3) is 0 Å². The van der Waals surface area contributed by atoms with Crippen LogP contribution in [0.1, 0.15) is 33.6 Å². The monoisotopic (exact) mass is 270 g/mol. The first-order valence-electron chi connectivity index (χ1n) is 6.66. The van der Waals surface area contributed by atoms with Gasteiger partial charge in [0.1, 0.15) is 11.6 Å². The number of hydrogen-bond acceptors (Lipinski definition) is 5. The summed E-state index contributed by atoms with van der Waals surface area (Å²) in [6.07, 6.45) is 1.36. The molecular weight excluding hydrogens is 248 g/mol. The van der Waals surface area contributed by atoms with Crippen molar-refractivity contribution in [1.82, 2.24) is 10.2 Å². The van der Waals surface area contributed by atoms with E-state index in [1.165, 1.54) is 7.11 Å². The average Bonchev–Trinajstić information content (AvgIpc) is 2.61. The molecule has 2 bridgehead atoms. The molecule has 0 spiro atoms. The Labute approximate surface area is 113 Å². The molecule has 0 aliphatic carbocycles. The summed E-state index contributed by atoms with van der Waals surface area (Å²) in [5, 5.41) is 3.16. The van der Waals surface area contributed by atoms with Gasteiger partial charge in [-0.1, -0.05) is 0 Å². The molecule has 2 aliphatic rings. The Balaban J connectivity index is 2.12. The second-order valence-corrected chi connectivity index (χ2v) is 6.10. The molecule has 19 heavy (non-hydrogen) atoms. The SMILES string of the molecule is COC(=O)[C@H]1NC[C@@H]2CC[C@H]1N2C(=O)OC(C)(C)C. The van der Waals surface area contributed by atoms with Gasteiger partial charge in [-0.05, 0) is 33.6 Å². The molecule has 6 nitrogen and oxygen atoms in total. The fraction of sp³-hybridized carbons (Fsp3) is 0.846. The van der Waals surface area contributed by atoms with Crippen molar-refractivity contribution in [3.8, 4) is 0 Å². The van der Waals surface area contributed by atoms with Gasteiger partial charge in [-0.15, -0.1) is 0 Å². The molecule has 0 saturated carbocycles. The average molecular weight is 270 g/mol. The lowest BCUT2D eigenvalue weighted by Gasteiger charge is -2.39. The number of fused-ring (bicyclic) bond motifs is 2. The zero-order chi connectivity index (χ0) is 14.2. The van der Waals surface area contributed by atoms with Crippen molar-refractivity contribution in [2.24, 2.45) is 0 Å². The quantitative estimate of drug-likeness (QED) is 0.717. The van der Waals surface area contributed by atoms with E-state index in [0.29, 0.717) is 6.54 Å². The summed E-state index contributed by atoms with van der Waals surface area (Å²) in [5.41, 5.74) is -0.526. The van der Waals surface area contributed by atoms with Crippen LogP contribution >= 0.6 is 0 Å². The maximum Gasteiger partial charge on any atom is 0.410 e. The molecule has 0 aromatic heterocycles. The number of methoxy groups -OCH3 is 1. The molecule has 1 N–H and O–H groups in total. The van der Waals surface area contributed by atoms with Gasteiger partial charge < -0.3 is 14.8 Å². The molecule has 1 amide bonds. The van der Waals surface area contributed by atoms with Gasteiger partial charge in [0.05, 0.1) is 13.2 Å². The van der Waals surface area contributed by atoms with Gasteiger partial charge in [0.15, 0.2) is 0 Å². The summed E-state index contributed by atoms with van der Waals surface area (Å²) in [4.78, 5) is 25.7. The first-order chi connectivity index (χ1) is 8.83. The summed E-state index contributed by atoms with van der Waals surface area (Å²) in [7, 11) is 1.36. The van der Waals surface area contributed by atoms with Crippen LogP contribution in [0.5, 0.6) is 0 Å². The lowest BCUT2D eigenvalue weighted by Crippen LogP contribution is -2.62. The molecule has 3 atom stereocenters. The highest BCUT2D eigenvalue weighted by Crippen LogP contribution is 2.31. The van der Waals surface area contributed by atoms with Crippen molar-refractivity contribution >= 4 is 12.1 Å². The number of esters is 1. The van der Waals surface area contributed by atoms with Crippen LogP contribution in [0.25, 0.3) is 0 Å². The van der Waals surface area contributed by atoms with E-state index >= 15 is 0 Å². The summed E-state index contributed by atoms with van der Waals surface area (Å²) in [5.74, 6) is -0.320. The van der Waals surface area contributed by atoms with E-state index in [0.717, 1.165) is 12.8 Å². The van der Waals surface area contributed by atoms with Crippen molar-refractivity contribution in [2.45, 2.75) is 57.3 Å². The Hall–Kier alpha value is -1.30. The Morgan fingerprint density at radius 2 is 1.95 bits per heavy atom. The Morgan fingerprint density at radius 1 is 1.26 bits per heavy atom. The second-order valence-electron chi connectivity index (χ2n) is 6.10. The number of rotatable bonds is 1. The van der Waals surface area contributed by atoms with Gasteiger partial charge >= 0.3 is 12.1 Å². The number of nitrogens with one attached hydrogen (secondary N) is 1. The van der Waals surface area contributed by atoms with Crippen LogP contribution < -0.4 is 5.32 Å². The Morgan fingerprint density at radius 3 is 2.53 bits per heavy atom. The van der Waals surface area contributed by atoms with Crippen LogP contribution in [0.4, 0.5) is 4.79 Å². The van der Waals surface area contributed by atoms with E-state index in [1.54, 1.807) is 4.90 Å². The van der Waals surface area contributed by atoms with Crippen LogP contribution in [-0.4, -0.2) is 54.3 Å². The predicted molar refractivity (Wildman–Crippen MR) is 68.7 cm³/mol. The molecule has 0 radical (unpaired) electrons. The van der Waals surface area contributed by atoms with E-state index in [9.17, 15) is 9.59 Å². The minimum atomic E-state index is -0.526. The van der Waals surface area contributed by atoms with Gasteiger partial charge in [-0.2, -0.15) is 0 Å². The minimum absolute atomic E-state index is 0.112. The zero-order valence-electron chi connectivity index (χ0n) is 11.9. The fourth-order valence-electron chi connectivity index (χ4n) is 2.81. The third-order valence-electron chi connectivity index (χ3n) is 3.56. The van der Waals surface area contributed by atoms with E-state index in [4.69, 9.17) is 9.47 Å². The standard InChI is InChI=1S/C13H22N2O4/c1-13(2,3)19-12(17)15-8-5-6-9(15)10(14-7-8)11(16)18-4/h8-10,14H,5-7H2,1-4H3/t8-,9+,10-/m0/s1. The zero-order valence-corrected chi connectivity index (χ0v) is 11.9. The first-order valence-corrected chi connectivity index (χ1v) is 6.66. The van der Waals surface area contributed by atoms with Crippen LogP contribution in [0.2, 0.25) is 0 Å². The topological polar surface area (TPSA) is 67.9 Å². The van der Waals surface area contributed by atoms with E-state index in [2.05, 4.69) is 5.32 Å². The molecule has 0 unspecified atom stereocenters. The lowest BCUT2D eigenvalue weighted by atomic mass is 10.1. The molecule has 2 rings (SSSR count). The van der Waals surface area contributed by atoms with E-state index in [1.807, 2.05) is 20.8 Å². The van der Waals surface area contributed by atoms with E-state index in [-0.39, 0.29) is 24.1 Å². The third-order valence-corrected chi connectivity index (χ3v) is 3.56. The van der Waals surface area contributed by atoms with Crippen LogP contribution in [0, 0.1) is 0 Å². The summed E-state index contributed by atoms with van der Waals surface area (Å²) < 4.78 is 10.2. The number of nitrogens with zero attached hydrogens (tertiary/aromatic N) is 1. The molecule has 108 valence electrons. The van der Waals surface area contributed by atoms with Crippen molar-refractivity contribution < 1.29 is 19.1 Å². The molecule has 6 heteroatoms. The Kier molecular flexibility index (Phi) is 3.71.